The average Bonchev–Trinajstić information content (AvgIpc) is 2.85. The van der Waals surface area contributed by atoms with Crippen molar-refractivity contribution in [2.24, 2.45) is 0 Å². The van der Waals surface area contributed by atoms with E-state index in [-0.39, 0.29) is 5.91 Å². The highest BCUT2D eigenvalue weighted by atomic mass is 16.1. The van der Waals surface area contributed by atoms with Crippen molar-refractivity contribution in [1.29, 1.82) is 0 Å². The topological polar surface area (TPSA) is 61.0 Å². The highest BCUT2D eigenvalue weighted by molar-refractivity contribution is 5.94. The highest BCUT2D eigenvalue weighted by Crippen LogP contribution is 2.15. The zero-order valence-corrected chi connectivity index (χ0v) is 13.7. The fraction of sp³-hybridized carbons (Fsp3) is 0.412. The van der Waals surface area contributed by atoms with Gasteiger partial charge in [-0.05, 0) is 52.0 Å². The molecule has 0 saturated heterocycles. The Bertz CT molecular complexity index is 607. The van der Waals surface area contributed by atoms with E-state index in [2.05, 4.69) is 34.3 Å². The summed E-state index contributed by atoms with van der Waals surface area (Å²) in [7, 11) is 0. The van der Waals surface area contributed by atoms with E-state index in [0.717, 1.165) is 35.7 Å². The lowest BCUT2D eigenvalue weighted by Gasteiger charge is -2.21. The minimum atomic E-state index is -0.0638. The summed E-state index contributed by atoms with van der Waals surface area (Å²) in [4.78, 5) is 14.5. The fourth-order valence-corrected chi connectivity index (χ4v) is 2.52. The summed E-state index contributed by atoms with van der Waals surface area (Å²) in [6.07, 6.45) is 0. The molecule has 5 heteroatoms. The second-order valence-electron chi connectivity index (χ2n) is 5.31. The Morgan fingerprint density at radius 1 is 1.18 bits per heavy atom. The molecule has 0 aliphatic carbocycles. The first-order valence-electron chi connectivity index (χ1n) is 7.70. The lowest BCUT2D eigenvalue weighted by molar-refractivity contribution is 0.0951. The molecule has 0 aliphatic rings. The van der Waals surface area contributed by atoms with Gasteiger partial charge in [0, 0.05) is 42.1 Å². The minimum absolute atomic E-state index is 0.0638. The van der Waals surface area contributed by atoms with Gasteiger partial charge in [-0.2, -0.15) is 5.10 Å². The van der Waals surface area contributed by atoms with Gasteiger partial charge in [0.05, 0.1) is 5.69 Å². The number of rotatable bonds is 6. The van der Waals surface area contributed by atoms with Crippen LogP contribution in [-0.2, 0) is 6.54 Å². The third-order valence-corrected chi connectivity index (χ3v) is 3.96. The molecule has 2 N–H and O–H groups in total. The first kappa shape index (κ1) is 16.1. The van der Waals surface area contributed by atoms with E-state index < -0.39 is 0 Å². The summed E-state index contributed by atoms with van der Waals surface area (Å²) in [5.74, 6) is -0.0638. The third kappa shape index (κ3) is 3.47. The van der Waals surface area contributed by atoms with Crippen LogP contribution in [0.5, 0.6) is 0 Å². The van der Waals surface area contributed by atoms with Crippen LogP contribution in [0.4, 0.5) is 5.69 Å². The van der Waals surface area contributed by atoms with Crippen LogP contribution in [0.1, 0.15) is 41.2 Å². The van der Waals surface area contributed by atoms with Crippen LogP contribution < -0.4 is 10.2 Å². The Balaban J connectivity index is 2.01. The van der Waals surface area contributed by atoms with Gasteiger partial charge in [-0.1, -0.05) is 0 Å². The second-order valence-corrected chi connectivity index (χ2v) is 5.31. The Morgan fingerprint density at radius 3 is 2.32 bits per heavy atom. The van der Waals surface area contributed by atoms with Gasteiger partial charge in [-0.15, -0.1) is 0 Å². The summed E-state index contributed by atoms with van der Waals surface area (Å²) in [6, 6.07) is 7.74. The zero-order chi connectivity index (χ0) is 16.1. The molecule has 1 aromatic carbocycles. The molecular formula is C17H24N4O. The van der Waals surface area contributed by atoms with Crippen molar-refractivity contribution in [3.63, 3.8) is 0 Å². The molecule has 118 valence electrons. The number of aryl methyl sites for hydroxylation is 2. The standard InChI is InChI=1S/C17H24N4O/c1-5-21(6-2)15-9-7-14(8-10-15)17(22)18-11-16-12(3)19-20-13(16)4/h7-10H,5-6,11H2,1-4H3,(H,18,22)(H,19,20). The van der Waals surface area contributed by atoms with Crippen LogP contribution >= 0.6 is 0 Å². The van der Waals surface area contributed by atoms with Crippen LogP contribution in [0.2, 0.25) is 0 Å². The molecule has 0 aliphatic heterocycles. The smallest absolute Gasteiger partial charge is 0.251 e. The number of carbonyl (C=O) groups excluding carboxylic acids is 1. The first-order chi connectivity index (χ1) is 10.6. The SMILES string of the molecule is CCN(CC)c1ccc(C(=O)NCc2c(C)n[nH]c2C)cc1. The van der Waals surface area contributed by atoms with Gasteiger partial charge in [0.2, 0.25) is 0 Å². The summed E-state index contributed by atoms with van der Waals surface area (Å²) in [5, 5.41) is 10.0. The van der Waals surface area contributed by atoms with Crippen molar-refractivity contribution in [3.8, 4) is 0 Å². The lowest BCUT2D eigenvalue weighted by Crippen LogP contribution is -2.24. The normalized spacial score (nSPS) is 10.5. The summed E-state index contributed by atoms with van der Waals surface area (Å²) in [5.41, 5.74) is 4.79. The molecule has 0 fully saturated rings. The molecule has 0 unspecified atom stereocenters. The molecule has 1 aromatic heterocycles. The number of aromatic amines is 1. The zero-order valence-electron chi connectivity index (χ0n) is 13.7. The quantitative estimate of drug-likeness (QED) is 0.862. The van der Waals surface area contributed by atoms with Gasteiger partial charge in [-0.25, -0.2) is 0 Å². The van der Waals surface area contributed by atoms with Gasteiger partial charge < -0.3 is 10.2 Å². The number of anilines is 1. The Morgan fingerprint density at radius 2 is 1.82 bits per heavy atom. The summed E-state index contributed by atoms with van der Waals surface area (Å²) < 4.78 is 0. The number of hydrogen-bond donors (Lipinski definition) is 2. The Kier molecular flexibility index (Phi) is 5.20. The summed E-state index contributed by atoms with van der Waals surface area (Å²) >= 11 is 0. The number of hydrogen-bond acceptors (Lipinski definition) is 3. The number of nitrogens with one attached hydrogen (secondary N) is 2. The van der Waals surface area contributed by atoms with Gasteiger partial charge in [0.1, 0.15) is 0 Å². The molecule has 1 heterocycles. The summed E-state index contributed by atoms with van der Waals surface area (Å²) in [6.45, 7) is 10.6. The van der Waals surface area contributed by atoms with Crippen molar-refractivity contribution in [1.82, 2.24) is 15.5 Å². The third-order valence-electron chi connectivity index (χ3n) is 3.96. The molecule has 1 amide bonds. The molecule has 0 radical (unpaired) electrons. The Labute approximate surface area is 131 Å². The van der Waals surface area contributed by atoms with Crippen molar-refractivity contribution in [2.45, 2.75) is 34.2 Å². The predicted molar refractivity (Wildman–Crippen MR) is 89.2 cm³/mol. The molecule has 0 atom stereocenters. The van der Waals surface area contributed by atoms with Crippen molar-refractivity contribution >= 4 is 11.6 Å². The van der Waals surface area contributed by atoms with Gasteiger partial charge in [0.15, 0.2) is 0 Å². The van der Waals surface area contributed by atoms with Crippen LogP contribution in [0, 0.1) is 13.8 Å². The number of benzene rings is 1. The number of H-pyrrole nitrogens is 1. The maximum absolute atomic E-state index is 12.2. The van der Waals surface area contributed by atoms with Crippen LogP contribution in [0.15, 0.2) is 24.3 Å². The van der Waals surface area contributed by atoms with E-state index in [0.29, 0.717) is 12.1 Å². The second kappa shape index (κ2) is 7.11. The number of aromatic nitrogens is 2. The van der Waals surface area contributed by atoms with Crippen LogP contribution in [0.25, 0.3) is 0 Å². The van der Waals surface area contributed by atoms with E-state index in [4.69, 9.17) is 0 Å². The maximum atomic E-state index is 12.2. The fourth-order valence-electron chi connectivity index (χ4n) is 2.52. The highest BCUT2D eigenvalue weighted by Gasteiger charge is 2.10. The monoisotopic (exact) mass is 300 g/mol. The van der Waals surface area contributed by atoms with E-state index in [1.54, 1.807) is 0 Å². The van der Waals surface area contributed by atoms with Crippen molar-refractivity contribution in [3.05, 3.63) is 46.8 Å². The minimum Gasteiger partial charge on any atom is -0.372 e. The van der Waals surface area contributed by atoms with Gasteiger partial charge in [0.25, 0.3) is 5.91 Å². The van der Waals surface area contributed by atoms with Crippen LogP contribution in [-0.4, -0.2) is 29.2 Å². The maximum Gasteiger partial charge on any atom is 0.251 e. The van der Waals surface area contributed by atoms with Crippen molar-refractivity contribution < 1.29 is 4.79 Å². The van der Waals surface area contributed by atoms with Gasteiger partial charge >= 0.3 is 0 Å². The molecule has 22 heavy (non-hydrogen) atoms. The molecule has 5 nitrogen and oxygen atoms in total. The van der Waals surface area contributed by atoms with Crippen molar-refractivity contribution in [2.75, 3.05) is 18.0 Å². The predicted octanol–water partition coefficient (Wildman–Crippen LogP) is 2.80. The first-order valence-corrected chi connectivity index (χ1v) is 7.70. The molecule has 0 saturated carbocycles. The van der Waals surface area contributed by atoms with Gasteiger partial charge in [-0.3, -0.25) is 9.89 Å². The average molecular weight is 300 g/mol. The molecule has 2 rings (SSSR count). The molecular weight excluding hydrogens is 276 g/mol. The number of nitrogens with zero attached hydrogens (tertiary/aromatic N) is 2. The van der Waals surface area contributed by atoms with E-state index in [1.165, 1.54) is 0 Å². The molecule has 0 bridgehead atoms. The van der Waals surface area contributed by atoms with Crippen LogP contribution in [0.3, 0.4) is 0 Å². The molecule has 2 aromatic rings. The van der Waals surface area contributed by atoms with E-state index in [9.17, 15) is 4.79 Å². The Hall–Kier alpha value is -2.30. The van der Waals surface area contributed by atoms with E-state index in [1.807, 2.05) is 38.1 Å². The lowest BCUT2D eigenvalue weighted by atomic mass is 10.1. The number of amides is 1. The molecule has 0 spiro atoms. The largest absolute Gasteiger partial charge is 0.372 e. The van der Waals surface area contributed by atoms with E-state index >= 15 is 0 Å². The number of carbonyl (C=O) groups is 1.